The van der Waals surface area contributed by atoms with Crippen molar-refractivity contribution in [2.24, 2.45) is 0 Å². The first-order chi connectivity index (χ1) is 5.27. The van der Waals surface area contributed by atoms with Crippen molar-refractivity contribution >= 4 is 0 Å². The molecule has 11 heavy (non-hydrogen) atoms. The predicted octanol–water partition coefficient (Wildman–Crippen LogP) is 1.75. The Hall–Kier alpha value is -0.0800. The molecule has 0 fully saturated rings. The van der Waals surface area contributed by atoms with E-state index in [1.165, 1.54) is 25.8 Å². The van der Waals surface area contributed by atoms with E-state index in [-0.39, 0.29) is 0 Å². The number of unbranched alkanes of at least 4 members (excludes halogenated alkanes) is 2. The Morgan fingerprint density at radius 1 is 1.09 bits per heavy atom. The average molecular weight is 159 g/mol. The van der Waals surface area contributed by atoms with Crippen molar-refractivity contribution in [2.45, 2.75) is 26.2 Å². The van der Waals surface area contributed by atoms with Crippen molar-refractivity contribution in [2.75, 3.05) is 33.9 Å². The number of hydrogen-bond acceptors (Lipinski definition) is 2. The van der Waals surface area contributed by atoms with Crippen LogP contribution in [0.4, 0.5) is 0 Å². The van der Waals surface area contributed by atoms with Gasteiger partial charge in [-0.25, -0.2) is 0 Å². The zero-order valence-corrected chi connectivity index (χ0v) is 8.10. The van der Waals surface area contributed by atoms with Crippen molar-refractivity contribution in [1.82, 2.24) is 4.90 Å². The van der Waals surface area contributed by atoms with Gasteiger partial charge in [0.2, 0.25) is 0 Å². The average Bonchev–Trinajstić information content (AvgIpc) is 1.96. The first-order valence-electron chi connectivity index (χ1n) is 4.50. The van der Waals surface area contributed by atoms with Crippen LogP contribution in [0.3, 0.4) is 0 Å². The molecule has 0 heterocycles. The summed E-state index contributed by atoms with van der Waals surface area (Å²) in [5.74, 6) is 0. The Labute approximate surface area is 70.5 Å². The van der Waals surface area contributed by atoms with Gasteiger partial charge >= 0.3 is 0 Å². The molecule has 0 saturated heterocycles. The van der Waals surface area contributed by atoms with Crippen LogP contribution in [-0.4, -0.2) is 38.8 Å². The summed E-state index contributed by atoms with van der Waals surface area (Å²) in [5.41, 5.74) is 0. The molecule has 0 radical (unpaired) electrons. The van der Waals surface area contributed by atoms with Crippen LogP contribution in [0.1, 0.15) is 26.2 Å². The first kappa shape index (κ1) is 10.9. The monoisotopic (exact) mass is 159 g/mol. The third-order valence-electron chi connectivity index (χ3n) is 1.60. The van der Waals surface area contributed by atoms with Crippen molar-refractivity contribution in [3.8, 4) is 0 Å². The second-order valence-corrected chi connectivity index (χ2v) is 3.06. The highest BCUT2D eigenvalue weighted by Gasteiger charge is 1.90. The van der Waals surface area contributed by atoms with E-state index in [1.54, 1.807) is 0 Å². The number of nitrogens with zero attached hydrogens (tertiary/aromatic N) is 1. The summed E-state index contributed by atoms with van der Waals surface area (Å²) in [6.45, 7) is 5.03. The lowest BCUT2D eigenvalue weighted by Crippen LogP contribution is -2.12. The fourth-order valence-electron chi connectivity index (χ4n) is 0.953. The van der Waals surface area contributed by atoms with Gasteiger partial charge in [-0.1, -0.05) is 0 Å². The fraction of sp³-hybridized carbons (Fsp3) is 1.00. The summed E-state index contributed by atoms with van der Waals surface area (Å²) in [5, 5.41) is 0. The molecule has 0 amide bonds. The van der Waals surface area contributed by atoms with Crippen LogP contribution in [0.15, 0.2) is 0 Å². The maximum Gasteiger partial charge on any atom is 0.0465 e. The standard InChI is InChI=1S/C9H21NO/c1-4-11-9-7-5-6-8-10(2)3/h4-9H2,1-3H3. The summed E-state index contributed by atoms with van der Waals surface area (Å²) in [4.78, 5) is 2.22. The summed E-state index contributed by atoms with van der Waals surface area (Å²) in [6, 6.07) is 0. The van der Waals surface area contributed by atoms with Crippen molar-refractivity contribution < 1.29 is 4.74 Å². The minimum absolute atomic E-state index is 0.855. The topological polar surface area (TPSA) is 12.5 Å². The number of ether oxygens (including phenoxy) is 1. The van der Waals surface area contributed by atoms with E-state index >= 15 is 0 Å². The Bertz CT molecular complexity index is 74.0. The minimum Gasteiger partial charge on any atom is -0.382 e. The Balaban J connectivity index is 2.80. The molecule has 0 aliphatic carbocycles. The van der Waals surface area contributed by atoms with Gasteiger partial charge in [-0.05, 0) is 46.8 Å². The molecular weight excluding hydrogens is 138 g/mol. The molecule has 2 nitrogen and oxygen atoms in total. The third-order valence-corrected chi connectivity index (χ3v) is 1.60. The lowest BCUT2D eigenvalue weighted by molar-refractivity contribution is 0.142. The Morgan fingerprint density at radius 2 is 1.82 bits per heavy atom. The lowest BCUT2D eigenvalue weighted by atomic mass is 10.2. The maximum absolute atomic E-state index is 5.23. The molecule has 0 bridgehead atoms. The van der Waals surface area contributed by atoms with E-state index < -0.39 is 0 Å². The molecule has 0 atom stereocenters. The molecule has 2 heteroatoms. The van der Waals surface area contributed by atoms with Crippen LogP contribution in [0.25, 0.3) is 0 Å². The molecule has 0 aliphatic rings. The number of rotatable bonds is 7. The zero-order chi connectivity index (χ0) is 8.53. The molecule has 0 unspecified atom stereocenters. The molecule has 0 rings (SSSR count). The van der Waals surface area contributed by atoms with E-state index in [2.05, 4.69) is 19.0 Å². The van der Waals surface area contributed by atoms with E-state index in [9.17, 15) is 0 Å². The van der Waals surface area contributed by atoms with Gasteiger partial charge in [-0.3, -0.25) is 0 Å². The normalized spacial score (nSPS) is 10.9. The van der Waals surface area contributed by atoms with Gasteiger partial charge in [0, 0.05) is 13.2 Å². The molecule has 0 saturated carbocycles. The lowest BCUT2D eigenvalue weighted by Gasteiger charge is -2.08. The second kappa shape index (κ2) is 8.02. The van der Waals surface area contributed by atoms with Gasteiger partial charge in [-0.2, -0.15) is 0 Å². The largest absolute Gasteiger partial charge is 0.382 e. The van der Waals surface area contributed by atoms with Gasteiger partial charge < -0.3 is 9.64 Å². The van der Waals surface area contributed by atoms with E-state index in [1.807, 2.05) is 6.92 Å². The van der Waals surface area contributed by atoms with Crippen molar-refractivity contribution in [3.63, 3.8) is 0 Å². The first-order valence-corrected chi connectivity index (χ1v) is 4.50. The van der Waals surface area contributed by atoms with Gasteiger partial charge in [0.1, 0.15) is 0 Å². The van der Waals surface area contributed by atoms with Crippen LogP contribution in [0.5, 0.6) is 0 Å². The molecule has 0 aromatic heterocycles. The van der Waals surface area contributed by atoms with Crippen LogP contribution < -0.4 is 0 Å². The van der Waals surface area contributed by atoms with Gasteiger partial charge in [0.25, 0.3) is 0 Å². The Kier molecular flexibility index (Phi) is 7.96. The molecule has 0 N–H and O–H groups in total. The molecule has 0 aromatic rings. The SMILES string of the molecule is CCOCCCCCN(C)C. The van der Waals surface area contributed by atoms with Gasteiger partial charge in [-0.15, -0.1) is 0 Å². The van der Waals surface area contributed by atoms with Gasteiger partial charge in [0.05, 0.1) is 0 Å². The second-order valence-electron chi connectivity index (χ2n) is 3.06. The smallest absolute Gasteiger partial charge is 0.0465 e. The predicted molar refractivity (Wildman–Crippen MR) is 48.9 cm³/mol. The third kappa shape index (κ3) is 9.92. The molecular formula is C9H21NO. The minimum atomic E-state index is 0.855. The summed E-state index contributed by atoms with van der Waals surface area (Å²) >= 11 is 0. The van der Waals surface area contributed by atoms with Crippen LogP contribution in [0.2, 0.25) is 0 Å². The van der Waals surface area contributed by atoms with Crippen LogP contribution in [0, 0.1) is 0 Å². The van der Waals surface area contributed by atoms with Crippen LogP contribution in [-0.2, 0) is 4.74 Å². The van der Waals surface area contributed by atoms with Crippen molar-refractivity contribution in [3.05, 3.63) is 0 Å². The highest BCUT2D eigenvalue weighted by Crippen LogP contribution is 1.96. The van der Waals surface area contributed by atoms with Gasteiger partial charge in [0.15, 0.2) is 0 Å². The molecule has 0 spiro atoms. The van der Waals surface area contributed by atoms with E-state index in [0.29, 0.717) is 0 Å². The number of hydrogen-bond donors (Lipinski definition) is 0. The zero-order valence-electron chi connectivity index (χ0n) is 8.10. The van der Waals surface area contributed by atoms with E-state index in [0.717, 1.165) is 13.2 Å². The Morgan fingerprint density at radius 3 is 2.36 bits per heavy atom. The summed E-state index contributed by atoms with van der Waals surface area (Å²) in [7, 11) is 4.23. The van der Waals surface area contributed by atoms with E-state index in [4.69, 9.17) is 4.74 Å². The van der Waals surface area contributed by atoms with Crippen molar-refractivity contribution in [1.29, 1.82) is 0 Å². The summed E-state index contributed by atoms with van der Waals surface area (Å²) in [6.07, 6.45) is 3.79. The fourth-order valence-corrected chi connectivity index (χ4v) is 0.953. The molecule has 0 aliphatic heterocycles. The molecule has 0 aromatic carbocycles. The highest BCUT2D eigenvalue weighted by atomic mass is 16.5. The van der Waals surface area contributed by atoms with Crippen LogP contribution >= 0.6 is 0 Å². The maximum atomic E-state index is 5.23. The molecule has 68 valence electrons. The quantitative estimate of drug-likeness (QED) is 0.525. The summed E-state index contributed by atoms with van der Waals surface area (Å²) < 4.78 is 5.23. The highest BCUT2D eigenvalue weighted by molar-refractivity contribution is 4.45.